The van der Waals surface area contributed by atoms with Gasteiger partial charge in [0.15, 0.2) is 0 Å². The van der Waals surface area contributed by atoms with Crippen LogP contribution in [0.1, 0.15) is 90.3 Å². The second-order valence-electron chi connectivity index (χ2n) is 11.2. The van der Waals surface area contributed by atoms with Gasteiger partial charge in [-0.2, -0.15) is 0 Å². The molecule has 2 atom stereocenters. The highest BCUT2D eigenvalue weighted by atomic mass is 16.6. The summed E-state index contributed by atoms with van der Waals surface area (Å²) in [6, 6.07) is 12.9. The summed E-state index contributed by atoms with van der Waals surface area (Å²) in [6.07, 6.45) is 5.54. The molecule has 2 aromatic carbocycles. The van der Waals surface area contributed by atoms with Gasteiger partial charge in [0.25, 0.3) is 5.91 Å². The van der Waals surface area contributed by atoms with Crippen LogP contribution in [0, 0.1) is 6.92 Å². The average molecular weight is 554 g/mol. The van der Waals surface area contributed by atoms with Gasteiger partial charge in [-0.1, -0.05) is 68.9 Å². The Hall–Kier alpha value is -3.55. The molecule has 0 fully saturated rings. The van der Waals surface area contributed by atoms with Gasteiger partial charge in [0, 0.05) is 12.2 Å². The number of amides is 3. The Morgan fingerprint density at radius 2 is 1.50 bits per heavy atom. The number of aryl methyl sites for hydroxylation is 1. The minimum absolute atomic E-state index is 0.335. The molecule has 8 heteroatoms. The number of unbranched alkanes of at least 4 members (excludes halogenated alkanes) is 5. The van der Waals surface area contributed by atoms with Crippen molar-refractivity contribution in [2.75, 3.05) is 19.0 Å². The van der Waals surface area contributed by atoms with Crippen molar-refractivity contribution in [3.05, 3.63) is 59.7 Å². The van der Waals surface area contributed by atoms with Crippen LogP contribution in [-0.2, 0) is 14.3 Å². The molecule has 0 saturated carbocycles. The van der Waals surface area contributed by atoms with Crippen molar-refractivity contribution < 1.29 is 23.9 Å². The number of carbonyl (C=O) groups excluding carboxylic acids is 3. The number of hydrogen-bond donors (Lipinski definition) is 2. The highest BCUT2D eigenvalue weighted by Crippen LogP contribution is 2.26. The molecule has 8 nitrogen and oxygen atoms in total. The maximum absolute atomic E-state index is 13.9. The topological polar surface area (TPSA) is 97.0 Å². The number of anilines is 1. The van der Waals surface area contributed by atoms with E-state index < -0.39 is 23.8 Å². The molecule has 2 aromatic rings. The van der Waals surface area contributed by atoms with Crippen molar-refractivity contribution in [3.8, 4) is 5.75 Å². The van der Waals surface area contributed by atoms with Crippen LogP contribution in [0.2, 0.25) is 0 Å². The van der Waals surface area contributed by atoms with Crippen LogP contribution in [0.15, 0.2) is 48.5 Å². The molecule has 0 radical (unpaired) electrons. The predicted molar refractivity (Wildman–Crippen MR) is 159 cm³/mol. The van der Waals surface area contributed by atoms with Crippen LogP contribution >= 0.6 is 0 Å². The second kappa shape index (κ2) is 15.9. The van der Waals surface area contributed by atoms with Crippen LogP contribution in [0.4, 0.5) is 10.5 Å². The Morgan fingerprint density at radius 3 is 2.08 bits per heavy atom. The number of benzene rings is 2. The number of alkyl carbamates (subject to hydrolysis) is 1. The highest BCUT2D eigenvalue weighted by molar-refractivity contribution is 5.99. The summed E-state index contributed by atoms with van der Waals surface area (Å²) >= 11 is 0. The molecule has 0 aliphatic heterocycles. The lowest BCUT2D eigenvalue weighted by atomic mass is 10.0. The van der Waals surface area contributed by atoms with Gasteiger partial charge in [0.2, 0.25) is 5.91 Å². The van der Waals surface area contributed by atoms with Crippen molar-refractivity contribution in [2.45, 2.75) is 97.8 Å². The van der Waals surface area contributed by atoms with E-state index >= 15 is 0 Å². The number of carbonyl (C=O) groups is 3. The third-order valence-electron chi connectivity index (χ3n) is 6.45. The van der Waals surface area contributed by atoms with Crippen molar-refractivity contribution in [1.82, 2.24) is 10.2 Å². The zero-order valence-electron chi connectivity index (χ0n) is 25.2. The number of nitrogens with zero attached hydrogens (tertiary/aromatic N) is 1. The molecule has 3 amide bonds. The van der Waals surface area contributed by atoms with Crippen LogP contribution in [0.25, 0.3) is 0 Å². The number of rotatable bonds is 14. The lowest BCUT2D eigenvalue weighted by Gasteiger charge is -2.34. The number of methoxy groups -OCH3 is 1. The quantitative estimate of drug-likeness (QED) is 0.251. The van der Waals surface area contributed by atoms with Crippen LogP contribution in [0.3, 0.4) is 0 Å². The molecule has 0 spiro atoms. The summed E-state index contributed by atoms with van der Waals surface area (Å²) in [5.74, 6) is -0.0114. The Morgan fingerprint density at radius 1 is 0.900 bits per heavy atom. The fourth-order valence-electron chi connectivity index (χ4n) is 4.33. The van der Waals surface area contributed by atoms with Gasteiger partial charge >= 0.3 is 6.09 Å². The van der Waals surface area contributed by atoms with E-state index in [2.05, 4.69) is 17.6 Å². The fourth-order valence-corrected chi connectivity index (χ4v) is 4.33. The van der Waals surface area contributed by atoms with E-state index in [0.717, 1.165) is 37.7 Å². The summed E-state index contributed by atoms with van der Waals surface area (Å²) < 4.78 is 10.6. The molecule has 0 aliphatic carbocycles. The molecule has 220 valence electrons. The van der Waals surface area contributed by atoms with Crippen LogP contribution in [0.5, 0.6) is 5.75 Å². The molecule has 40 heavy (non-hydrogen) atoms. The van der Waals surface area contributed by atoms with Crippen molar-refractivity contribution in [1.29, 1.82) is 0 Å². The van der Waals surface area contributed by atoms with Crippen molar-refractivity contribution in [3.63, 3.8) is 0 Å². The largest absolute Gasteiger partial charge is 0.497 e. The van der Waals surface area contributed by atoms with Crippen molar-refractivity contribution >= 4 is 23.6 Å². The number of ether oxygens (including phenoxy) is 2. The monoisotopic (exact) mass is 553 g/mol. The Bertz CT molecular complexity index is 1080. The molecular weight excluding hydrogens is 506 g/mol. The molecule has 0 aliphatic rings. The second-order valence-corrected chi connectivity index (χ2v) is 11.2. The predicted octanol–water partition coefficient (Wildman–Crippen LogP) is 6.79. The maximum atomic E-state index is 13.9. The SMILES string of the molecule is CCCCCCCCN(C(=O)C(C)NC(=O)OC(C)(C)C)C(C(=O)Nc1ccc(OC)cc1)c1ccc(C)cc1. The molecular formula is C32H47N3O5. The molecule has 2 N–H and O–H groups in total. The fraction of sp³-hybridized carbons (Fsp3) is 0.531. The third-order valence-corrected chi connectivity index (χ3v) is 6.45. The van der Waals surface area contributed by atoms with E-state index in [4.69, 9.17) is 9.47 Å². The van der Waals surface area contributed by atoms with Crippen LogP contribution < -0.4 is 15.4 Å². The van der Waals surface area contributed by atoms with E-state index in [1.165, 1.54) is 6.42 Å². The van der Waals surface area contributed by atoms with Gasteiger partial charge in [-0.3, -0.25) is 9.59 Å². The third kappa shape index (κ3) is 10.9. The zero-order valence-corrected chi connectivity index (χ0v) is 25.2. The van der Waals surface area contributed by atoms with Gasteiger partial charge in [-0.25, -0.2) is 4.79 Å². The first-order valence-electron chi connectivity index (χ1n) is 14.3. The summed E-state index contributed by atoms with van der Waals surface area (Å²) in [6.45, 7) is 11.4. The first kappa shape index (κ1) is 32.7. The molecule has 0 aromatic heterocycles. The Balaban J connectivity index is 2.37. The minimum atomic E-state index is -0.895. The van der Waals surface area contributed by atoms with E-state index in [9.17, 15) is 14.4 Å². The summed E-state index contributed by atoms with van der Waals surface area (Å²) in [4.78, 5) is 41.8. The Kier molecular flexibility index (Phi) is 13.0. The number of hydrogen-bond acceptors (Lipinski definition) is 5. The first-order chi connectivity index (χ1) is 18.9. The molecule has 0 heterocycles. The normalized spacial score (nSPS) is 12.7. The standard InChI is InChI=1S/C32H47N3O5/c1-8-9-10-11-12-13-22-35(30(37)24(3)33-31(38)40-32(4,5)6)28(25-16-14-23(2)15-17-25)29(36)34-26-18-20-27(39-7)21-19-26/h14-21,24,28H,8-13,22H2,1-7H3,(H,33,38)(H,34,36). The van der Waals surface area contributed by atoms with E-state index in [1.54, 1.807) is 64.0 Å². The van der Waals surface area contributed by atoms with Gasteiger partial charge in [0.05, 0.1) is 7.11 Å². The summed E-state index contributed by atoms with van der Waals surface area (Å²) in [5, 5.41) is 5.62. The molecule has 2 unspecified atom stereocenters. The lowest BCUT2D eigenvalue weighted by Crippen LogP contribution is -2.51. The average Bonchev–Trinajstić information content (AvgIpc) is 2.89. The van der Waals surface area contributed by atoms with Gasteiger partial charge in [0.1, 0.15) is 23.4 Å². The lowest BCUT2D eigenvalue weighted by molar-refractivity contribution is -0.140. The van der Waals surface area contributed by atoms with Crippen LogP contribution in [-0.4, -0.2) is 48.1 Å². The molecule has 0 saturated heterocycles. The smallest absolute Gasteiger partial charge is 0.408 e. The van der Waals surface area contributed by atoms with Crippen molar-refractivity contribution in [2.24, 2.45) is 0 Å². The van der Waals surface area contributed by atoms with Gasteiger partial charge < -0.3 is 25.0 Å². The summed E-state index contributed by atoms with van der Waals surface area (Å²) in [7, 11) is 1.58. The highest BCUT2D eigenvalue weighted by Gasteiger charge is 2.34. The summed E-state index contributed by atoms with van der Waals surface area (Å²) in [5.41, 5.74) is 1.63. The van der Waals surface area contributed by atoms with E-state index in [1.807, 2.05) is 31.2 Å². The molecule has 2 rings (SSSR count). The van der Waals surface area contributed by atoms with E-state index in [-0.39, 0.29) is 11.8 Å². The van der Waals surface area contributed by atoms with Gasteiger partial charge in [-0.15, -0.1) is 0 Å². The maximum Gasteiger partial charge on any atom is 0.408 e. The molecule has 0 bridgehead atoms. The number of nitrogens with one attached hydrogen (secondary N) is 2. The minimum Gasteiger partial charge on any atom is -0.497 e. The van der Waals surface area contributed by atoms with E-state index in [0.29, 0.717) is 23.5 Å². The Labute approximate surface area is 239 Å². The zero-order chi connectivity index (χ0) is 29.7. The van der Waals surface area contributed by atoms with Gasteiger partial charge in [-0.05, 0) is 70.9 Å². The first-order valence-corrected chi connectivity index (χ1v) is 14.3.